The van der Waals surface area contributed by atoms with Crippen molar-refractivity contribution < 1.29 is 0 Å². The zero-order valence-electron chi connectivity index (χ0n) is 15.8. The number of nitrogens with zero attached hydrogens (tertiary/aromatic N) is 2. The molecular weight excluding hydrogens is 268 g/mol. The van der Waals surface area contributed by atoms with Crippen LogP contribution in [0.4, 0.5) is 5.69 Å². The molecule has 1 atom stereocenters. The van der Waals surface area contributed by atoms with Crippen LogP contribution in [-0.4, -0.2) is 38.8 Å². The lowest BCUT2D eigenvalue weighted by molar-refractivity contribution is 0.463. The third-order valence-electron chi connectivity index (χ3n) is 5.88. The Morgan fingerprint density at radius 2 is 1.82 bits per heavy atom. The molecule has 0 spiro atoms. The lowest BCUT2D eigenvalue weighted by Crippen LogP contribution is -2.60. The van der Waals surface area contributed by atoms with Crippen molar-refractivity contribution in [3.05, 3.63) is 28.8 Å². The van der Waals surface area contributed by atoms with Crippen molar-refractivity contribution in [2.45, 2.75) is 59.7 Å². The Morgan fingerprint density at radius 3 is 2.36 bits per heavy atom. The number of nitrogens with one attached hydrogen (secondary N) is 1. The topological polar surface area (TPSA) is 18.5 Å². The summed E-state index contributed by atoms with van der Waals surface area (Å²) in [5, 5.41) is 3.35. The van der Waals surface area contributed by atoms with Gasteiger partial charge in [-0.05, 0) is 46.0 Å². The van der Waals surface area contributed by atoms with E-state index in [-0.39, 0.29) is 5.41 Å². The maximum absolute atomic E-state index is 3.35. The molecule has 1 aliphatic heterocycles. The molecule has 1 aromatic carbocycles. The van der Waals surface area contributed by atoms with Gasteiger partial charge in [-0.15, -0.1) is 0 Å². The summed E-state index contributed by atoms with van der Waals surface area (Å²) in [6, 6.07) is 5.17. The molecule has 1 aliphatic rings. The summed E-state index contributed by atoms with van der Waals surface area (Å²) in [5.74, 6) is 0. The van der Waals surface area contributed by atoms with E-state index in [1.54, 1.807) is 0 Å². The Bertz CT molecular complexity index is 559. The smallest absolute Gasteiger partial charge is 0.329 e. The van der Waals surface area contributed by atoms with Crippen LogP contribution >= 0.6 is 0 Å². The van der Waals surface area contributed by atoms with Gasteiger partial charge in [-0.1, -0.05) is 45.2 Å². The van der Waals surface area contributed by atoms with Gasteiger partial charge in [0.15, 0.2) is 0 Å². The average Bonchev–Trinajstić information content (AvgIpc) is 2.65. The molecule has 0 aliphatic carbocycles. The van der Waals surface area contributed by atoms with E-state index < -0.39 is 0 Å². The third kappa shape index (κ3) is 2.59. The minimum atomic E-state index is 0.171. The molecule has 0 saturated heterocycles. The molecule has 0 bridgehead atoms. The van der Waals surface area contributed by atoms with Crippen molar-refractivity contribution in [2.24, 2.45) is 0 Å². The Hall–Kier alpha value is -0.930. The Labute approximate surface area is 137 Å². The number of rotatable bonds is 4. The average molecular weight is 299 g/mol. The first-order chi connectivity index (χ1) is 10.1. The van der Waals surface area contributed by atoms with Gasteiger partial charge in [0.25, 0.3) is 6.98 Å². The van der Waals surface area contributed by atoms with E-state index >= 15 is 0 Å². The van der Waals surface area contributed by atoms with E-state index in [1.165, 1.54) is 22.4 Å². The highest BCUT2D eigenvalue weighted by atomic mass is 15.2. The van der Waals surface area contributed by atoms with E-state index in [4.69, 9.17) is 0 Å². The number of fused-ring (bicyclic) bond motifs is 1. The molecule has 0 fully saturated rings. The maximum Gasteiger partial charge on any atom is 0.329 e. The zero-order chi connectivity index (χ0) is 16.8. The van der Waals surface area contributed by atoms with Crippen molar-refractivity contribution in [1.29, 1.82) is 0 Å². The molecule has 1 N–H and O–H groups in total. The standard InChI is InChI=1S/C17H31B2N3/c1-12-10-13(2)16-15(11-12)17(4,5)14(3)22(16)19(7)21(9)18(6)20-8/h10-11,14,20H,1-9H3. The van der Waals surface area contributed by atoms with Crippen LogP contribution in [0.25, 0.3) is 0 Å². The number of hydrogen-bond donors (Lipinski definition) is 1. The van der Waals surface area contributed by atoms with Gasteiger partial charge >= 0.3 is 6.98 Å². The summed E-state index contributed by atoms with van der Waals surface area (Å²) in [7, 11) is 4.22. The molecule has 22 heavy (non-hydrogen) atoms. The molecule has 5 heteroatoms. The van der Waals surface area contributed by atoms with Crippen LogP contribution in [0, 0.1) is 13.8 Å². The number of hydrogen-bond acceptors (Lipinski definition) is 3. The van der Waals surface area contributed by atoms with Gasteiger partial charge in [0, 0.05) is 17.1 Å². The van der Waals surface area contributed by atoms with E-state index in [0.717, 1.165) is 0 Å². The number of benzene rings is 1. The molecule has 1 unspecified atom stereocenters. The highest BCUT2D eigenvalue weighted by Gasteiger charge is 2.46. The van der Waals surface area contributed by atoms with Crippen LogP contribution in [0.3, 0.4) is 0 Å². The lowest BCUT2D eigenvalue weighted by atomic mass is 9.61. The minimum Gasteiger partial charge on any atom is -0.398 e. The van der Waals surface area contributed by atoms with Crippen LogP contribution in [0.2, 0.25) is 13.6 Å². The van der Waals surface area contributed by atoms with E-state index in [9.17, 15) is 0 Å². The molecule has 0 amide bonds. The molecular formula is C17H31B2N3. The van der Waals surface area contributed by atoms with E-state index in [2.05, 4.69) is 82.2 Å². The SMILES string of the molecule is CNB(C)N(C)B(C)N1c2c(C)cc(C)cc2C(C)(C)C1C. The summed E-state index contributed by atoms with van der Waals surface area (Å²) in [6.07, 6.45) is 0. The van der Waals surface area contributed by atoms with Crippen LogP contribution in [0.15, 0.2) is 12.1 Å². The van der Waals surface area contributed by atoms with Crippen LogP contribution in [-0.2, 0) is 5.41 Å². The molecule has 1 aromatic rings. The molecule has 1 heterocycles. The second-order valence-electron chi connectivity index (χ2n) is 7.54. The zero-order valence-corrected chi connectivity index (χ0v) is 15.8. The van der Waals surface area contributed by atoms with Gasteiger partial charge in [-0.2, -0.15) is 0 Å². The fourth-order valence-corrected chi connectivity index (χ4v) is 3.79. The fourth-order valence-electron chi connectivity index (χ4n) is 3.79. The highest BCUT2D eigenvalue weighted by molar-refractivity contribution is 6.72. The van der Waals surface area contributed by atoms with E-state index in [0.29, 0.717) is 20.0 Å². The molecule has 3 nitrogen and oxygen atoms in total. The number of aryl methyl sites for hydroxylation is 2. The Kier molecular flexibility index (Phi) is 4.70. The summed E-state index contributed by atoms with van der Waals surface area (Å²) in [4.78, 5) is 2.61. The van der Waals surface area contributed by atoms with Gasteiger partial charge in [0.05, 0.1) is 0 Å². The van der Waals surface area contributed by atoms with Gasteiger partial charge in [0.1, 0.15) is 0 Å². The monoisotopic (exact) mass is 299 g/mol. The first-order valence-corrected chi connectivity index (χ1v) is 8.42. The first kappa shape index (κ1) is 17.4. The second kappa shape index (κ2) is 5.93. The fraction of sp³-hybridized carbons (Fsp3) is 0.647. The van der Waals surface area contributed by atoms with Gasteiger partial charge in [0.2, 0.25) is 0 Å². The van der Waals surface area contributed by atoms with Gasteiger partial charge in [-0.25, -0.2) is 0 Å². The van der Waals surface area contributed by atoms with Gasteiger partial charge < -0.3 is 14.8 Å². The van der Waals surface area contributed by atoms with E-state index in [1.807, 2.05) is 7.05 Å². The van der Waals surface area contributed by atoms with Crippen molar-refractivity contribution in [3.8, 4) is 0 Å². The maximum atomic E-state index is 3.35. The van der Waals surface area contributed by atoms with Crippen LogP contribution in [0.1, 0.15) is 37.5 Å². The van der Waals surface area contributed by atoms with Crippen molar-refractivity contribution >= 4 is 19.7 Å². The molecule has 0 radical (unpaired) electrons. The van der Waals surface area contributed by atoms with Crippen LogP contribution in [0.5, 0.6) is 0 Å². The van der Waals surface area contributed by atoms with Gasteiger partial charge in [-0.3, -0.25) is 0 Å². The first-order valence-electron chi connectivity index (χ1n) is 8.42. The third-order valence-corrected chi connectivity index (χ3v) is 5.88. The van der Waals surface area contributed by atoms with Crippen molar-refractivity contribution in [3.63, 3.8) is 0 Å². The summed E-state index contributed by atoms with van der Waals surface area (Å²) in [6.45, 7) is 16.8. The largest absolute Gasteiger partial charge is 0.398 e. The molecule has 2 rings (SSSR count). The molecule has 0 saturated carbocycles. The summed E-state index contributed by atoms with van der Waals surface area (Å²) < 4.78 is 2.40. The molecule has 0 aromatic heterocycles. The second-order valence-corrected chi connectivity index (χ2v) is 7.54. The summed E-state index contributed by atoms with van der Waals surface area (Å²) in [5.41, 5.74) is 5.86. The quantitative estimate of drug-likeness (QED) is 0.862. The predicted octanol–water partition coefficient (Wildman–Crippen LogP) is 3.18. The summed E-state index contributed by atoms with van der Waals surface area (Å²) >= 11 is 0. The normalized spacial score (nSPS) is 19.5. The van der Waals surface area contributed by atoms with Crippen molar-refractivity contribution in [1.82, 2.24) is 9.95 Å². The van der Waals surface area contributed by atoms with Crippen LogP contribution < -0.4 is 10.0 Å². The predicted molar refractivity (Wildman–Crippen MR) is 101 cm³/mol. The lowest BCUT2D eigenvalue weighted by Gasteiger charge is -2.40. The Morgan fingerprint density at radius 1 is 1.23 bits per heavy atom. The van der Waals surface area contributed by atoms with Crippen molar-refractivity contribution in [2.75, 3.05) is 18.9 Å². The minimum absolute atomic E-state index is 0.171. The number of anilines is 1. The molecule has 120 valence electrons. The highest BCUT2D eigenvalue weighted by Crippen LogP contribution is 2.47. The Balaban J connectivity index is 2.52.